The Labute approximate surface area is 169 Å². The van der Waals surface area contributed by atoms with Crippen LogP contribution < -0.4 is 10.1 Å². The van der Waals surface area contributed by atoms with Gasteiger partial charge in [-0.2, -0.15) is 0 Å². The number of thioether (sulfide) groups is 1. The average Bonchev–Trinajstić information content (AvgIpc) is 2.95. The highest BCUT2D eigenvalue weighted by Crippen LogP contribution is 2.33. The maximum Gasteiger partial charge on any atom is 0.264 e. The van der Waals surface area contributed by atoms with Crippen LogP contribution in [0.3, 0.4) is 0 Å². The number of rotatable bonds is 5. The van der Waals surface area contributed by atoms with Gasteiger partial charge in [-0.05, 0) is 54.6 Å². The van der Waals surface area contributed by atoms with Crippen molar-refractivity contribution >= 4 is 62.1 Å². The summed E-state index contributed by atoms with van der Waals surface area (Å²) >= 11 is 10.9. The van der Waals surface area contributed by atoms with E-state index in [0.29, 0.717) is 27.4 Å². The summed E-state index contributed by atoms with van der Waals surface area (Å²) in [5, 5.41) is 3.81. The maximum absolute atomic E-state index is 12.3. The molecule has 4 nitrogen and oxygen atoms in total. The Morgan fingerprint density at radius 1 is 1.31 bits per heavy atom. The molecule has 0 aliphatic carbocycles. The van der Waals surface area contributed by atoms with E-state index >= 15 is 0 Å². The van der Waals surface area contributed by atoms with Crippen molar-refractivity contribution in [1.29, 1.82) is 0 Å². The molecule has 26 heavy (non-hydrogen) atoms. The number of nitrogens with zero attached hydrogens (tertiary/aromatic N) is 1. The van der Waals surface area contributed by atoms with Crippen LogP contribution in [0.5, 0.6) is 5.75 Å². The van der Waals surface area contributed by atoms with Crippen molar-refractivity contribution in [2.75, 3.05) is 6.61 Å². The minimum atomic E-state index is -0.192. The smallest absolute Gasteiger partial charge is 0.264 e. The largest absolute Gasteiger partial charge is 0.493 e. The zero-order chi connectivity index (χ0) is 18.5. The van der Waals surface area contributed by atoms with Crippen molar-refractivity contribution in [2.24, 2.45) is 4.99 Å². The van der Waals surface area contributed by atoms with Crippen molar-refractivity contribution in [3.8, 4) is 5.75 Å². The van der Waals surface area contributed by atoms with Gasteiger partial charge in [0, 0.05) is 10.0 Å². The van der Waals surface area contributed by atoms with Gasteiger partial charge in [0.25, 0.3) is 5.91 Å². The van der Waals surface area contributed by atoms with E-state index in [1.807, 2.05) is 36.4 Å². The molecule has 0 bridgehead atoms. The molecule has 0 radical (unpaired) electrons. The van der Waals surface area contributed by atoms with E-state index in [2.05, 4.69) is 33.2 Å². The van der Waals surface area contributed by atoms with Gasteiger partial charge in [-0.1, -0.05) is 46.6 Å². The highest BCUT2D eigenvalue weighted by molar-refractivity contribution is 9.10. The highest BCUT2D eigenvalue weighted by Gasteiger charge is 2.24. The van der Waals surface area contributed by atoms with Crippen molar-refractivity contribution in [2.45, 2.75) is 13.3 Å². The number of aliphatic imine (C=N–C) groups is 1. The molecule has 2 aromatic carbocycles. The summed E-state index contributed by atoms with van der Waals surface area (Å²) in [6, 6.07) is 13.0. The third kappa shape index (κ3) is 4.69. The topological polar surface area (TPSA) is 50.7 Å². The van der Waals surface area contributed by atoms with Gasteiger partial charge < -0.3 is 10.1 Å². The molecule has 1 fully saturated rings. The number of benzene rings is 2. The van der Waals surface area contributed by atoms with E-state index in [9.17, 15) is 4.79 Å². The zero-order valence-corrected chi connectivity index (χ0v) is 17.1. The minimum Gasteiger partial charge on any atom is -0.493 e. The molecule has 7 heteroatoms. The fourth-order valence-electron chi connectivity index (χ4n) is 2.25. The van der Waals surface area contributed by atoms with Crippen LogP contribution in [-0.2, 0) is 4.79 Å². The van der Waals surface area contributed by atoms with E-state index in [4.69, 9.17) is 16.3 Å². The van der Waals surface area contributed by atoms with Gasteiger partial charge in [0.05, 0.1) is 22.2 Å². The lowest BCUT2D eigenvalue weighted by Crippen LogP contribution is -2.19. The van der Waals surface area contributed by atoms with Gasteiger partial charge in [0.2, 0.25) is 0 Å². The Kier molecular flexibility index (Phi) is 6.40. The monoisotopic (exact) mass is 450 g/mol. The van der Waals surface area contributed by atoms with Gasteiger partial charge in [-0.3, -0.25) is 4.79 Å². The number of nitrogens with one attached hydrogen (secondary N) is 1. The number of hydrogen-bond acceptors (Lipinski definition) is 4. The number of ether oxygens (including phenoxy) is 1. The van der Waals surface area contributed by atoms with E-state index in [1.54, 1.807) is 12.1 Å². The third-order valence-electron chi connectivity index (χ3n) is 3.45. The first kappa shape index (κ1) is 19.0. The zero-order valence-electron chi connectivity index (χ0n) is 14.0. The first-order chi connectivity index (χ1) is 12.6. The predicted molar refractivity (Wildman–Crippen MR) is 112 cm³/mol. The molecule has 2 aromatic rings. The molecule has 1 saturated heterocycles. The lowest BCUT2D eigenvalue weighted by atomic mass is 10.2. The van der Waals surface area contributed by atoms with Crippen LogP contribution in [0.4, 0.5) is 5.69 Å². The number of carbonyl (C=O) groups excluding carboxylic acids is 1. The van der Waals surface area contributed by atoms with Crippen LogP contribution in [-0.4, -0.2) is 17.7 Å². The molecule has 0 aromatic heterocycles. The van der Waals surface area contributed by atoms with Gasteiger partial charge in [-0.25, -0.2) is 4.99 Å². The fraction of sp³-hybridized carbons (Fsp3) is 0.158. The molecule has 1 heterocycles. The lowest BCUT2D eigenvalue weighted by molar-refractivity contribution is -0.115. The van der Waals surface area contributed by atoms with Crippen molar-refractivity contribution in [1.82, 2.24) is 5.32 Å². The lowest BCUT2D eigenvalue weighted by Gasteiger charge is -2.09. The van der Waals surface area contributed by atoms with Gasteiger partial charge >= 0.3 is 0 Å². The van der Waals surface area contributed by atoms with Gasteiger partial charge in [0.1, 0.15) is 5.75 Å². The predicted octanol–water partition coefficient (Wildman–Crippen LogP) is 5.78. The molecular formula is C19H16BrClN2O2S. The molecule has 1 amide bonds. The molecule has 1 aliphatic rings. The minimum absolute atomic E-state index is 0.192. The Hall–Kier alpha value is -1.76. The van der Waals surface area contributed by atoms with Crippen molar-refractivity contribution in [3.63, 3.8) is 0 Å². The second kappa shape index (κ2) is 8.75. The van der Waals surface area contributed by atoms with Crippen molar-refractivity contribution < 1.29 is 9.53 Å². The van der Waals surface area contributed by atoms with Crippen LogP contribution in [0.1, 0.15) is 18.9 Å². The Bertz CT molecular complexity index is 899. The summed E-state index contributed by atoms with van der Waals surface area (Å²) in [6.07, 6.45) is 2.72. The molecule has 0 saturated carbocycles. The van der Waals surface area contributed by atoms with E-state index in [0.717, 1.165) is 22.2 Å². The van der Waals surface area contributed by atoms with Crippen LogP contribution in [0.15, 0.2) is 56.8 Å². The first-order valence-corrected chi connectivity index (χ1v) is 10.0. The number of halogens is 2. The summed E-state index contributed by atoms with van der Waals surface area (Å²) in [6.45, 7) is 2.67. The summed E-state index contributed by atoms with van der Waals surface area (Å²) in [5.74, 6) is 0.551. The molecule has 0 atom stereocenters. The van der Waals surface area contributed by atoms with Crippen LogP contribution >= 0.6 is 39.3 Å². The molecule has 134 valence electrons. The molecular weight excluding hydrogens is 436 g/mol. The standard InChI is InChI=1S/C19H16BrClN2O2S/c1-2-9-25-16-8-7-13(20)10-12(16)11-17-18(24)23-19(26-17)22-15-6-4-3-5-14(15)21/h3-8,10-11H,2,9H2,1H3,(H,22,23,24). The number of carbonyl (C=O) groups is 1. The van der Waals surface area contributed by atoms with E-state index in [-0.39, 0.29) is 5.91 Å². The SMILES string of the molecule is CCCOc1ccc(Br)cc1C=C1SC(=Nc2ccccc2Cl)NC1=O. The van der Waals surface area contributed by atoms with Crippen LogP contribution in [0, 0.1) is 0 Å². The number of para-hydroxylation sites is 1. The van der Waals surface area contributed by atoms with Gasteiger partial charge in [-0.15, -0.1) is 0 Å². The Morgan fingerprint density at radius 3 is 2.88 bits per heavy atom. The number of hydrogen-bond donors (Lipinski definition) is 1. The Morgan fingerprint density at radius 2 is 2.12 bits per heavy atom. The molecule has 0 unspecified atom stereocenters. The van der Waals surface area contributed by atoms with Crippen LogP contribution in [0.2, 0.25) is 5.02 Å². The molecule has 0 spiro atoms. The van der Waals surface area contributed by atoms with Crippen molar-refractivity contribution in [3.05, 3.63) is 62.4 Å². The first-order valence-electron chi connectivity index (χ1n) is 8.03. The quantitative estimate of drug-likeness (QED) is 0.586. The van der Waals surface area contributed by atoms with E-state index in [1.165, 1.54) is 11.8 Å². The van der Waals surface area contributed by atoms with E-state index < -0.39 is 0 Å². The number of amidine groups is 1. The second-order valence-corrected chi connectivity index (χ2v) is 7.82. The second-order valence-electron chi connectivity index (χ2n) is 5.46. The summed E-state index contributed by atoms with van der Waals surface area (Å²) in [7, 11) is 0. The fourth-order valence-corrected chi connectivity index (χ4v) is 3.63. The highest BCUT2D eigenvalue weighted by atomic mass is 79.9. The van der Waals surface area contributed by atoms with Gasteiger partial charge in [0.15, 0.2) is 5.17 Å². The third-order valence-corrected chi connectivity index (χ3v) is 5.17. The maximum atomic E-state index is 12.3. The molecule has 3 rings (SSSR count). The Balaban J connectivity index is 1.87. The molecule has 1 N–H and O–H groups in total. The summed E-state index contributed by atoms with van der Waals surface area (Å²) in [4.78, 5) is 17.3. The summed E-state index contributed by atoms with van der Waals surface area (Å²) in [5.41, 5.74) is 1.46. The van der Waals surface area contributed by atoms with Crippen LogP contribution in [0.25, 0.3) is 6.08 Å². The summed E-state index contributed by atoms with van der Waals surface area (Å²) < 4.78 is 6.69. The molecule has 1 aliphatic heterocycles. The normalized spacial score (nSPS) is 17.0. The number of amides is 1. The average molecular weight is 452 g/mol.